The molecule has 0 amide bonds. The lowest BCUT2D eigenvalue weighted by molar-refractivity contribution is -0.159. The van der Waals surface area contributed by atoms with E-state index in [0.29, 0.717) is 18.8 Å². The molecule has 4 aromatic rings. The first kappa shape index (κ1) is 24.5. The zero-order valence-corrected chi connectivity index (χ0v) is 21.3. The molecule has 2 atom stereocenters. The summed E-state index contributed by atoms with van der Waals surface area (Å²) in [6.07, 6.45) is 3.50. The maximum atomic E-state index is 12.4. The van der Waals surface area contributed by atoms with E-state index in [1.54, 1.807) is 0 Å². The van der Waals surface area contributed by atoms with E-state index in [4.69, 9.17) is 15.2 Å². The number of nitrogens with zero attached hydrogens (tertiary/aromatic N) is 3. The largest absolute Gasteiger partial charge is 0.457 e. The summed E-state index contributed by atoms with van der Waals surface area (Å²) in [5.41, 5.74) is 9.28. The zero-order chi connectivity index (χ0) is 26.2. The fourth-order valence-electron chi connectivity index (χ4n) is 4.62. The lowest BCUT2D eigenvalue weighted by atomic mass is 9.97. The molecule has 5 rings (SSSR count). The number of esters is 1. The van der Waals surface area contributed by atoms with Crippen LogP contribution >= 0.6 is 0 Å². The standard InChI is InChI=1S/C29H31N5O3/c1-5-22-24(18-11-13-21(14-12-18)36-20-9-7-6-8-10-20)25-26(30)32-17-33-27(25)34(22)19-15-23(31-16-19)37-28(35)29(2,3)4/h5-14,17,19,23,31H,1,15-16H2,2-4H3,(H2,30,32,33)/t19-,23?/m1/s1. The van der Waals surface area contributed by atoms with Crippen molar-refractivity contribution >= 4 is 28.9 Å². The third kappa shape index (κ3) is 4.80. The average Bonchev–Trinajstić information content (AvgIpc) is 3.47. The zero-order valence-electron chi connectivity index (χ0n) is 21.3. The number of aromatic nitrogens is 3. The minimum absolute atomic E-state index is 0.0167. The molecule has 2 aromatic heterocycles. The van der Waals surface area contributed by atoms with Crippen molar-refractivity contribution in [1.82, 2.24) is 19.9 Å². The Balaban J connectivity index is 1.51. The number of nitrogen functional groups attached to an aromatic ring is 1. The molecule has 1 aliphatic rings. The molecule has 37 heavy (non-hydrogen) atoms. The molecule has 190 valence electrons. The van der Waals surface area contributed by atoms with Crippen LogP contribution in [0.15, 0.2) is 67.5 Å². The Morgan fingerprint density at radius 2 is 1.81 bits per heavy atom. The van der Waals surface area contributed by atoms with Crippen LogP contribution < -0.4 is 15.8 Å². The second-order valence-corrected chi connectivity index (χ2v) is 10.2. The minimum Gasteiger partial charge on any atom is -0.457 e. The van der Waals surface area contributed by atoms with E-state index in [1.807, 2.05) is 81.4 Å². The van der Waals surface area contributed by atoms with Crippen molar-refractivity contribution in [3.8, 4) is 22.6 Å². The molecule has 1 saturated heterocycles. The Bertz CT molecular complexity index is 1440. The number of ether oxygens (including phenoxy) is 2. The molecule has 1 aliphatic heterocycles. The van der Waals surface area contributed by atoms with Crippen molar-refractivity contribution in [2.24, 2.45) is 5.41 Å². The van der Waals surface area contributed by atoms with Gasteiger partial charge in [0.1, 0.15) is 29.3 Å². The lowest BCUT2D eigenvalue weighted by Gasteiger charge is -2.21. The number of fused-ring (bicyclic) bond motifs is 1. The molecule has 0 saturated carbocycles. The predicted octanol–water partition coefficient (Wildman–Crippen LogP) is 5.57. The van der Waals surface area contributed by atoms with E-state index in [0.717, 1.165) is 39.4 Å². The number of anilines is 1. The van der Waals surface area contributed by atoms with Gasteiger partial charge >= 0.3 is 5.97 Å². The number of para-hydroxylation sites is 1. The van der Waals surface area contributed by atoms with E-state index in [2.05, 4.69) is 26.4 Å². The van der Waals surface area contributed by atoms with Crippen LogP contribution in [0.2, 0.25) is 0 Å². The van der Waals surface area contributed by atoms with Crippen LogP contribution in [-0.2, 0) is 9.53 Å². The molecule has 0 radical (unpaired) electrons. The number of hydrogen-bond acceptors (Lipinski definition) is 7. The molecule has 8 heteroatoms. The Morgan fingerprint density at radius 3 is 2.49 bits per heavy atom. The molecular weight excluding hydrogens is 466 g/mol. The molecule has 1 fully saturated rings. The predicted molar refractivity (Wildman–Crippen MR) is 145 cm³/mol. The van der Waals surface area contributed by atoms with Gasteiger partial charge in [-0.3, -0.25) is 10.1 Å². The number of benzene rings is 2. The number of nitrogens with two attached hydrogens (primary N) is 1. The lowest BCUT2D eigenvalue weighted by Crippen LogP contribution is -2.33. The van der Waals surface area contributed by atoms with E-state index in [9.17, 15) is 4.79 Å². The van der Waals surface area contributed by atoms with Crippen LogP contribution in [0.4, 0.5) is 5.82 Å². The van der Waals surface area contributed by atoms with E-state index >= 15 is 0 Å². The molecular formula is C29H31N5O3. The summed E-state index contributed by atoms with van der Waals surface area (Å²) in [5, 5.41) is 4.10. The fraction of sp³-hybridized carbons (Fsp3) is 0.276. The van der Waals surface area contributed by atoms with Crippen LogP contribution in [0.3, 0.4) is 0 Å². The highest BCUT2D eigenvalue weighted by Gasteiger charge is 2.34. The number of nitrogens with one attached hydrogen (secondary N) is 1. The van der Waals surface area contributed by atoms with Gasteiger partial charge in [-0.2, -0.15) is 0 Å². The van der Waals surface area contributed by atoms with Gasteiger partial charge < -0.3 is 19.8 Å². The Hall–Kier alpha value is -4.17. The summed E-state index contributed by atoms with van der Waals surface area (Å²) in [4.78, 5) is 21.3. The van der Waals surface area contributed by atoms with E-state index in [1.165, 1.54) is 6.33 Å². The van der Waals surface area contributed by atoms with Gasteiger partial charge in [-0.25, -0.2) is 9.97 Å². The molecule has 0 spiro atoms. The quantitative estimate of drug-likeness (QED) is 0.336. The normalized spacial score (nSPS) is 17.6. The highest BCUT2D eigenvalue weighted by Crippen LogP contribution is 2.41. The van der Waals surface area contributed by atoms with Gasteiger partial charge in [0.2, 0.25) is 0 Å². The number of carbonyl (C=O) groups excluding carboxylic acids is 1. The third-order valence-electron chi connectivity index (χ3n) is 6.46. The van der Waals surface area contributed by atoms with Crippen molar-refractivity contribution < 1.29 is 14.3 Å². The summed E-state index contributed by atoms with van der Waals surface area (Å²) in [6, 6.07) is 17.5. The van der Waals surface area contributed by atoms with Crippen molar-refractivity contribution in [3.05, 3.63) is 73.2 Å². The molecule has 3 heterocycles. The topological polar surface area (TPSA) is 104 Å². The molecule has 2 aromatic carbocycles. The highest BCUT2D eigenvalue weighted by molar-refractivity contribution is 6.04. The van der Waals surface area contributed by atoms with Gasteiger partial charge in [-0.15, -0.1) is 0 Å². The van der Waals surface area contributed by atoms with E-state index in [-0.39, 0.29) is 18.2 Å². The SMILES string of the molecule is C=Cc1c(-c2ccc(Oc3ccccc3)cc2)c2c(N)ncnc2n1[C@H]1CNC(OC(=O)C(C)(C)C)C1. The van der Waals surface area contributed by atoms with Crippen molar-refractivity contribution in [3.63, 3.8) is 0 Å². The maximum Gasteiger partial charge on any atom is 0.312 e. The molecule has 0 aliphatic carbocycles. The first-order chi connectivity index (χ1) is 17.8. The monoisotopic (exact) mass is 497 g/mol. The van der Waals surface area contributed by atoms with Crippen molar-refractivity contribution in [2.45, 2.75) is 39.5 Å². The highest BCUT2D eigenvalue weighted by atomic mass is 16.6. The first-order valence-electron chi connectivity index (χ1n) is 12.3. The average molecular weight is 498 g/mol. The number of carbonyl (C=O) groups is 1. The fourth-order valence-corrected chi connectivity index (χ4v) is 4.62. The smallest absolute Gasteiger partial charge is 0.312 e. The first-order valence-corrected chi connectivity index (χ1v) is 12.3. The molecule has 1 unspecified atom stereocenters. The number of hydrogen-bond donors (Lipinski definition) is 2. The Morgan fingerprint density at radius 1 is 1.11 bits per heavy atom. The summed E-state index contributed by atoms with van der Waals surface area (Å²) in [6.45, 7) is 10.3. The second-order valence-electron chi connectivity index (χ2n) is 10.2. The van der Waals surface area contributed by atoms with Gasteiger partial charge in [-0.1, -0.05) is 36.9 Å². The van der Waals surface area contributed by atoms with Gasteiger partial charge in [0.05, 0.1) is 22.5 Å². The maximum absolute atomic E-state index is 12.4. The van der Waals surface area contributed by atoms with Crippen LogP contribution in [-0.4, -0.2) is 33.3 Å². The van der Waals surface area contributed by atoms with Crippen molar-refractivity contribution in [2.75, 3.05) is 12.3 Å². The molecule has 3 N–H and O–H groups in total. The van der Waals surface area contributed by atoms with Crippen LogP contribution in [0.5, 0.6) is 11.5 Å². The van der Waals surface area contributed by atoms with E-state index < -0.39 is 5.41 Å². The number of rotatable bonds is 6. The summed E-state index contributed by atoms with van der Waals surface area (Å²) in [5.74, 6) is 1.66. The summed E-state index contributed by atoms with van der Waals surface area (Å²) in [7, 11) is 0. The third-order valence-corrected chi connectivity index (χ3v) is 6.46. The Labute approximate surface area is 216 Å². The minimum atomic E-state index is -0.572. The van der Waals surface area contributed by atoms with Crippen molar-refractivity contribution in [1.29, 1.82) is 0 Å². The summed E-state index contributed by atoms with van der Waals surface area (Å²) < 4.78 is 13.8. The molecule has 8 nitrogen and oxygen atoms in total. The second kappa shape index (κ2) is 9.71. The van der Waals surface area contributed by atoms with Gasteiger partial charge in [0.15, 0.2) is 6.23 Å². The van der Waals surface area contributed by atoms with Crippen LogP contribution in [0.25, 0.3) is 28.2 Å². The molecule has 0 bridgehead atoms. The van der Waals surface area contributed by atoms with Crippen LogP contribution in [0.1, 0.15) is 38.9 Å². The van der Waals surface area contributed by atoms with Gasteiger partial charge in [0.25, 0.3) is 0 Å². The van der Waals surface area contributed by atoms with Gasteiger partial charge in [0, 0.05) is 18.5 Å². The Kier molecular flexibility index (Phi) is 6.43. The van der Waals surface area contributed by atoms with Crippen LogP contribution in [0, 0.1) is 5.41 Å². The van der Waals surface area contributed by atoms with Gasteiger partial charge in [-0.05, 0) is 56.7 Å². The summed E-state index contributed by atoms with van der Waals surface area (Å²) >= 11 is 0.